The molecule has 35 heavy (non-hydrogen) atoms. The lowest BCUT2D eigenvalue weighted by Gasteiger charge is -2.18. The largest absolute Gasteiger partial charge is 0.493 e. The molecule has 2 aromatic carbocycles. The van der Waals surface area contributed by atoms with Crippen LogP contribution < -0.4 is 18.4 Å². The molecule has 0 saturated heterocycles. The number of carbonyl (C=O) groups excluding carboxylic acids is 1. The van der Waals surface area contributed by atoms with Gasteiger partial charge < -0.3 is 18.4 Å². The van der Waals surface area contributed by atoms with Crippen molar-refractivity contribution >= 4 is 26.8 Å². The molecule has 1 aliphatic carbocycles. The van der Waals surface area contributed by atoms with Crippen LogP contribution in [-0.4, -0.2) is 45.5 Å². The highest BCUT2D eigenvalue weighted by atomic mass is 32.2. The van der Waals surface area contributed by atoms with Crippen molar-refractivity contribution in [1.82, 2.24) is 9.97 Å². The Balaban J connectivity index is 1.85. The first kappa shape index (κ1) is 22.6. The molecular weight excluding hydrogens is 472 g/mol. The topological polar surface area (TPSA) is 114 Å². The van der Waals surface area contributed by atoms with Crippen molar-refractivity contribution in [2.24, 2.45) is 0 Å². The SMILES string of the molecule is COc1cc2nc(OS(=O)(=O)c3ccc(C)cc3)c3c(c2c(OC)c1OC)-c1ccncc1C3=O. The maximum absolute atomic E-state index is 13.4. The molecule has 0 bridgehead atoms. The third kappa shape index (κ3) is 3.45. The van der Waals surface area contributed by atoms with Crippen LogP contribution in [0.4, 0.5) is 0 Å². The van der Waals surface area contributed by atoms with Gasteiger partial charge in [0, 0.05) is 29.6 Å². The van der Waals surface area contributed by atoms with Crippen molar-refractivity contribution in [2.45, 2.75) is 11.8 Å². The number of aryl methyl sites for hydroxylation is 1. The van der Waals surface area contributed by atoms with Gasteiger partial charge in [-0.25, -0.2) is 4.98 Å². The van der Waals surface area contributed by atoms with E-state index >= 15 is 0 Å². The summed E-state index contributed by atoms with van der Waals surface area (Å²) in [6.45, 7) is 1.84. The van der Waals surface area contributed by atoms with Crippen molar-refractivity contribution in [3.8, 4) is 34.3 Å². The molecule has 0 N–H and O–H groups in total. The van der Waals surface area contributed by atoms with Gasteiger partial charge in [-0.3, -0.25) is 9.78 Å². The maximum atomic E-state index is 13.4. The molecule has 0 unspecified atom stereocenters. The molecule has 5 rings (SSSR count). The fourth-order valence-corrected chi connectivity index (χ4v) is 5.09. The molecule has 0 saturated carbocycles. The summed E-state index contributed by atoms with van der Waals surface area (Å²) >= 11 is 0. The van der Waals surface area contributed by atoms with Crippen LogP contribution >= 0.6 is 0 Å². The van der Waals surface area contributed by atoms with E-state index in [1.54, 1.807) is 30.5 Å². The van der Waals surface area contributed by atoms with E-state index in [-0.39, 0.29) is 22.1 Å². The van der Waals surface area contributed by atoms with E-state index in [0.29, 0.717) is 39.1 Å². The number of ketones is 1. The van der Waals surface area contributed by atoms with Crippen LogP contribution in [0, 0.1) is 6.92 Å². The highest BCUT2D eigenvalue weighted by Gasteiger charge is 2.37. The molecule has 1 aliphatic rings. The lowest BCUT2D eigenvalue weighted by atomic mass is 10.00. The highest BCUT2D eigenvalue weighted by molar-refractivity contribution is 7.87. The molecule has 0 fully saturated rings. The first-order valence-corrected chi connectivity index (χ1v) is 11.9. The number of pyridine rings is 2. The summed E-state index contributed by atoms with van der Waals surface area (Å²) in [6.07, 6.45) is 2.97. The van der Waals surface area contributed by atoms with Gasteiger partial charge in [-0.05, 0) is 30.7 Å². The Hall–Kier alpha value is -4.18. The lowest BCUT2D eigenvalue weighted by molar-refractivity contribution is 0.104. The van der Waals surface area contributed by atoms with Gasteiger partial charge in [0.25, 0.3) is 0 Å². The first-order chi connectivity index (χ1) is 16.8. The van der Waals surface area contributed by atoms with Gasteiger partial charge in [0.05, 0.1) is 37.8 Å². The van der Waals surface area contributed by atoms with Crippen LogP contribution in [0.15, 0.2) is 53.7 Å². The van der Waals surface area contributed by atoms with Crippen molar-refractivity contribution in [2.75, 3.05) is 21.3 Å². The monoisotopic (exact) mass is 492 g/mol. The molecule has 0 atom stereocenters. The summed E-state index contributed by atoms with van der Waals surface area (Å²) in [5.74, 6) is 0.112. The van der Waals surface area contributed by atoms with Crippen LogP contribution in [0.3, 0.4) is 0 Å². The molecule has 0 aliphatic heterocycles. The average molecular weight is 493 g/mol. The van der Waals surface area contributed by atoms with E-state index in [1.807, 2.05) is 6.92 Å². The minimum absolute atomic E-state index is 0.00158. The van der Waals surface area contributed by atoms with Gasteiger partial charge in [0.1, 0.15) is 4.90 Å². The second kappa shape index (κ2) is 8.24. The smallest absolute Gasteiger partial charge is 0.340 e. The van der Waals surface area contributed by atoms with Crippen LogP contribution in [0.2, 0.25) is 0 Å². The zero-order valence-corrected chi connectivity index (χ0v) is 20.1. The number of hydrogen-bond acceptors (Lipinski definition) is 9. The van der Waals surface area contributed by atoms with Crippen LogP contribution in [-0.2, 0) is 10.1 Å². The van der Waals surface area contributed by atoms with Crippen molar-refractivity contribution in [3.63, 3.8) is 0 Å². The van der Waals surface area contributed by atoms with Gasteiger partial charge >= 0.3 is 10.1 Å². The fourth-order valence-electron chi connectivity index (χ4n) is 4.20. The number of ether oxygens (including phenoxy) is 3. The van der Waals surface area contributed by atoms with Crippen molar-refractivity contribution in [3.05, 3.63) is 65.5 Å². The molecule has 0 radical (unpaired) electrons. The summed E-state index contributed by atoms with van der Waals surface area (Å²) in [5, 5.41) is 0.457. The molecule has 178 valence electrons. The van der Waals surface area contributed by atoms with Crippen molar-refractivity contribution < 1.29 is 31.6 Å². The molecule has 2 aromatic heterocycles. The Labute approximate surface area is 201 Å². The second-order valence-corrected chi connectivity index (χ2v) is 9.35. The predicted octanol–water partition coefficient (Wildman–Crippen LogP) is 3.94. The van der Waals surface area contributed by atoms with Crippen LogP contribution in [0.5, 0.6) is 23.1 Å². The zero-order chi connectivity index (χ0) is 24.9. The average Bonchev–Trinajstić information content (AvgIpc) is 3.15. The summed E-state index contributed by atoms with van der Waals surface area (Å²) in [6, 6.07) is 9.43. The molecular formula is C25H20N2O7S. The Morgan fingerprint density at radius 3 is 2.23 bits per heavy atom. The fraction of sp³-hybridized carbons (Fsp3) is 0.160. The Bertz CT molecular complexity index is 1610. The molecule has 9 nitrogen and oxygen atoms in total. The Morgan fingerprint density at radius 2 is 1.57 bits per heavy atom. The number of carbonyl (C=O) groups is 1. The maximum Gasteiger partial charge on any atom is 0.340 e. The minimum Gasteiger partial charge on any atom is -0.493 e. The summed E-state index contributed by atoms with van der Waals surface area (Å²) < 4.78 is 48.3. The standard InChI is InChI=1S/C25H20N2O7S/c1-13-5-7-14(8-6-13)35(29,30)34-25-21-19(15-9-10-26-12-16(15)22(21)28)20-17(27-25)11-18(31-2)23(32-3)24(20)33-4/h5-12H,1-4H3. The van der Waals surface area contributed by atoms with Gasteiger partial charge in [-0.1, -0.05) is 17.7 Å². The van der Waals surface area contributed by atoms with Gasteiger partial charge in [-0.15, -0.1) is 0 Å². The van der Waals surface area contributed by atoms with Crippen LogP contribution in [0.25, 0.3) is 22.0 Å². The van der Waals surface area contributed by atoms with Gasteiger partial charge in [0.15, 0.2) is 11.5 Å². The number of methoxy groups -OCH3 is 3. The van der Waals surface area contributed by atoms with E-state index in [4.69, 9.17) is 18.4 Å². The number of nitrogens with zero attached hydrogens (tertiary/aromatic N) is 2. The van der Waals surface area contributed by atoms with Crippen molar-refractivity contribution in [1.29, 1.82) is 0 Å². The third-order valence-electron chi connectivity index (χ3n) is 5.81. The van der Waals surface area contributed by atoms with E-state index in [2.05, 4.69) is 9.97 Å². The third-order valence-corrected chi connectivity index (χ3v) is 7.03. The second-order valence-electron chi connectivity index (χ2n) is 7.81. The number of fused-ring (bicyclic) bond motifs is 5. The predicted molar refractivity (Wildman–Crippen MR) is 127 cm³/mol. The molecule has 10 heteroatoms. The summed E-state index contributed by atoms with van der Waals surface area (Å²) in [4.78, 5) is 21.9. The molecule has 4 aromatic rings. The van der Waals surface area contributed by atoms with Crippen LogP contribution in [0.1, 0.15) is 21.5 Å². The number of rotatable bonds is 6. The normalized spacial score (nSPS) is 12.3. The highest BCUT2D eigenvalue weighted by Crippen LogP contribution is 2.52. The quantitative estimate of drug-likeness (QED) is 0.325. The van der Waals surface area contributed by atoms with E-state index in [0.717, 1.165) is 5.56 Å². The first-order valence-electron chi connectivity index (χ1n) is 10.5. The van der Waals surface area contributed by atoms with E-state index < -0.39 is 15.9 Å². The number of hydrogen-bond donors (Lipinski definition) is 0. The summed E-state index contributed by atoms with van der Waals surface area (Å²) in [7, 11) is 0.0905. The molecule has 0 amide bonds. The molecule has 2 heterocycles. The Kier molecular flexibility index (Phi) is 5.32. The van der Waals surface area contributed by atoms with E-state index in [9.17, 15) is 13.2 Å². The summed E-state index contributed by atoms with van der Waals surface area (Å²) in [5.41, 5.74) is 2.46. The van der Waals surface area contributed by atoms with Gasteiger partial charge in [-0.2, -0.15) is 8.42 Å². The number of aromatic nitrogens is 2. The van der Waals surface area contributed by atoms with E-state index in [1.165, 1.54) is 39.7 Å². The molecule has 0 spiro atoms. The zero-order valence-electron chi connectivity index (χ0n) is 19.3. The number of benzene rings is 2. The Morgan fingerprint density at radius 1 is 0.857 bits per heavy atom. The lowest BCUT2D eigenvalue weighted by Crippen LogP contribution is -2.13. The van der Waals surface area contributed by atoms with Gasteiger partial charge in [0.2, 0.25) is 17.4 Å². The minimum atomic E-state index is -4.29.